The maximum atomic E-state index is 13.4. The van der Waals surface area contributed by atoms with Gasteiger partial charge >= 0.3 is 0 Å². The van der Waals surface area contributed by atoms with E-state index in [4.69, 9.17) is 0 Å². The number of carbonyl (C=O) groups is 2. The van der Waals surface area contributed by atoms with Crippen LogP contribution in [0.2, 0.25) is 0 Å². The molecule has 1 fully saturated rings. The first-order valence-electron chi connectivity index (χ1n) is 8.33. The number of hydrogen-bond acceptors (Lipinski definition) is 2. The number of aryl methyl sites for hydroxylation is 2. The molecular weight excluding hydrogens is 319 g/mol. The first-order valence-corrected chi connectivity index (χ1v) is 8.33. The molecule has 1 aliphatic heterocycles. The molecule has 3 rings (SSSR count). The van der Waals surface area contributed by atoms with Gasteiger partial charge in [0.15, 0.2) is 0 Å². The lowest BCUT2D eigenvalue weighted by atomic mass is 10.1. The molecule has 1 atom stereocenters. The summed E-state index contributed by atoms with van der Waals surface area (Å²) < 4.78 is 13.4. The first kappa shape index (κ1) is 17.1. The van der Waals surface area contributed by atoms with Crippen LogP contribution in [0.5, 0.6) is 0 Å². The normalized spacial score (nSPS) is 17.8. The Labute approximate surface area is 146 Å². The van der Waals surface area contributed by atoms with Crippen LogP contribution in [0, 0.1) is 19.7 Å². The molecule has 0 unspecified atom stereocenters. The number of anilines is 1. The van der Waals surface area contributed by atoms with Gasteiger partial charge in [0.05, 0.1) is 0 Å². The standard InChI is InChI=1S/C20H21FN2O2/c1-13-7-8-18(14(2)11-13)23-10-9-22(15(3)19(23)24)20(25)16-5-4-6-17(21)12-16/h4-8,11-12,15H,9-10H2,1-3H3/t15-/m0/s1. The summed E-state index contributed by atoms with van der Waals surface area (Å²) in [5, 5.41) is 0. The molecule has 0 bridgehead atoms. The highest BCUT2D eigenvalue weighted by atomic mass is 19.1. The van der Waals surface area contributed by atoms with Crippen molar-refractivity contribution in [2.45, 2.75) is 26.8 Å². The van der Waals surface area contributed by atoms with Crippen molar-refractivity contribution in [2.24, 2.45) is 0 Å². The minimum Gasteiger partial charge on any atom is -0.325 e. The molecular formula is C20H21FN2O2. The number of piperazine rings is 1. The summed E-state index contributed by atoms with van der Waals surface area (Å²) in [7, 11) is 0. The Hall–Kier alpha value is -2.69. The van der Waals surface area contributed by atoms with Crippen LogP contribution in [0.4, 0.5) is 10.1 Å². The van der Waals surface area contributed by atoms with Crippen LogP contribution >= 0.6 is 0 Å². The predicted molar refractivity (Wildman–Crippen MR) is 95.2 cm³/mol. The summed E-state index contributed by atoms with van der Waals surface area (Å²) in [5.74, 6) is -0.901. The number of hydrogen-bond donors (Lipinski definition) is 0. The predicted octanol–water partition coefficient (Wildman–Crippen LogP) is 3.32. The summed E-state index contributed by atoms with van der Waals surface area (Å²) in [6.45, 7) is 6.54. The number of benzene rings is 2. The highest BCUT2D eigenvalue weighted by molar-refractivity contribution is 6.03. The Kier molecular flexibility index (Phi) is 4.57. The Morgan fingerprint density at radius 3 is 2.56 bits per heavy atom. The van der Waals surface area contributed by atoms with E-state index < -0.39 is 11.9 Å². The zero-order chi connectivity index (χ0) is 18.1. The summed E-state index contributed by atoms with van der Waals surface area (Å²) in [4.78, 5) is 28.7. The van der Waals surface area contributed by atoms with Gasteiger partial charge in [0.2, 0.25) is 5.91 Å². The van der Waals surface area contributed by atoms with E-state index >= 15 is 0 Å². The average Bonchev–Trinajstić information content (AvgIpc) is 2.57. The Morgan fingerprint density at radius 1 is 1.12 bits per heavy atom. The Morgan fingerprint density at radius 2 is 1.88 bits per heavy atom. The Bertz CT molecular complexity index is 834. The maximum absolute atomic E-state index is 13.4. The quantitative estimate of drug-likeness (QED) is 0.841. The van der Waals surface area contributed by atoms with Crippen LogP contribution in [0.25, 0.3) is 0 Å². The molecule has 2 aromatic carbocycles. The molecule has 0 saturated carbocycles. The van der Waals surface area contributed by atoms with Gasteiger partial charge in [-0.15, -0.1) is 0 Å². The monoisotopic (exact) mass is 340 g/mol. The summed E-state index contributed by atoms with van der Waals surface area (Å²) >= 11 is 0. The fourth-order valence-corrected chi connectivity index (χ4v) is 3.28. The minimum atomic E-state index is -0.592. The van der Waals surface area contributed by atoms with Gasteiger partial charge in [0.1, 0.15) is 11.9 Å². The third-order valence-corrected chi connectivity index (χ3v) is 4.63. The zero-order valence-electron chi connectivity index (χ0n) is 14.6. The van der Waals surface area contributed by atoms with Crippen LogP contribution in [0.1, 0.15) is 28.4 Å². The van der Waals surface area contributed by atoms with Crippen molar-refractivity contribution < 1.29 is 14.0 Å². The highest BCUT2D eigenvalue weighted by Crippen LogP contribution is 2.25. The van der Waals surface area contributed by atoms with Crippen molar-refractivity contribution in [3.63, 3.8) is 0 Å². The van der Waals surface area contributed by atoms with Gasteiger partial charge in [-0.05, 0) is 50.6 Å². The summed E-state index contributed by atoms with van der Waals surface area (Å²) in [6, 6.07) is 10.9. The number of rotatable bonds is 2. The lowest BCUT2D eigenvalue weighted by Gasteiger charge is -2.39. The third kappa shape index (κ3) is 3.27. The van der Waals surface area contributed by atoms with E-state index in [0.29, 0.717) is 13.1 Å². The van der Waals surface area contributed by atoms with Crippen LogP contribution in [-0.2, 0) is 4.79 Å². The van der Waals surface area contributed by atoms with Crippen molar-refractivity contribution in [1.29, 1.82) is 0 Å². The van der Waals surface area contributed by atoms with Crippen molar-refractivity contribution in [3.8, 4) is 0 Å². The van der Waals surface area contributed by atoms with Crippen molar-refractivity contribution in [2.75, 3.05) is 18.0 Å². The molecule has 1 heterocycles. The van der Waals surface area contributed by atoms with Gasteiger partial charge in [-0.25, -0.2) is 4.39 Å². The number of amides is 2. The molecule has 130 valence electrons. The maximum Gasteiger partial charge on any atom is 0.254 e. The smallest absolute Gasteiger partial charge is 0.254 e. The van der Waals surface area contributed by atoms with Crippen molar-refractivity contribution in [3.05, 3.63) is 65.0 Å². The molecule has 25 heavy (non-hydrogen) atoms. The van der Waals surface area contributed by atoms with Gasteiger partial charge in [-0.2, -0.15) is 0 Å². The SMILES string of the molecule is Cc1ccc(N2CCN(C(=O)c3cccc(F)c3)[C@@H](C)C2=O)c(C)c1. The van der Waals surface area contributed by atoms with Crippen LogP contribution in [0.3, 0.4) is 0 Å². The van der Waals surface area contributed by atoms with Gasteiger partial charge in [-0.1, -0.05) is 23.8 Å². The van der Waals surface area contributed by atoms with Crippen LogP contribution < -0.4 is 4.90 Å². The molecule has 5 heteroatoms. The largest absolute Gasteiger partial charge is 0.325 e. The first-order chi connectivity index (χ1) is 11.9. The average molecular weight is 340 g/mol. The molecule has 2 aromatic rings. The topological polar surface area (TPSA) is 40.6 Å². The second kappa shape index (κ2) is 6.67. The summed E-state index contributed by atoms with van der Waals surface area (Å²) in [6.07, 6.45) is 0. The molecule has 1 saturated heterocycles. The van der Waals surface area contributed by atoms with Gasteiger partial charge < -0.3 is 9.80 Å². The summed E-state index contributed by atoms with van der Waals surface area (Å²) in [5.41, 5.74) is 3.31. The lowest BCUT2D eigenvalue weighted by Crippen LogP contribution is -2.58. The zero-order valence-corrected chi connectivity index (χ0v) is 14.6. The number of carbonyl (C=O) groups excluding carboxylic acids is 2. The van der Waals surface area contributed by atoms with E-state index in [9.17, 15) is 14.0 Å². The molecule has 0 N–H and O–H groups in total. The molecule has 0 aliphatic carbocycles. The third-order valence-electron chi connectivity index (χ3n) is 4.63. The van der Waals surface area contributed by atoms with Gasteiger partial charge in [-0.3, -0.25) is 9.59 Å². The van der Waals surface area contributed by atoms with E-state index in [0.717, 1.165) is 16.8 Å². The van der Waals surface area contributed by atoms with E-state index in [1.165, 1.54) is 23.1 Å². The van der Waals surface area contributed by atoms with E-state index in [1.54, 1.807) is 17.9 Å². The van der Waals surface area contributed by atoms with Crippen LogP contribution in [-0.4, -0.2) is 35.8 Å². The van der Waals surface area contributed by atoms with Crippen LogP contribution in [0.15, 0.2) is 42.5 Å². The molecule has 0 radical (unpaired) electrons. The fraction of sp³-hybridized carbons (Fsp3) is 0.300. The minimum absolute atomic E-state index is 0.122. The molecule has 2 amide bonds. The lowest BCUT2D eigenvalue weighted by molar-refractivity contribution is -0.124. The highest BCUT2D eigenvalue weighted by Gasteiger charge is 2.35. The molecule has 0 spiro atoms. The molecule has 0 aromatic heterocycles. The van der Waals surface area contributed by atoms with Crippen molar-refractivity contribution in [1.82, 2.24) is 4.90 Å². The van der Waals surface area contributed by atoms with E-state index in [1.807, 2.05) is 32.0 Å². The van der Waals surface area contributed by atoms with Gasteiger partial charge in [0, 0.05) is 24.3 Å². The molecule has 1 aliphatic rings. The second-order valence-electron chi connectivity index (χ2n) is 6.46. The second-order valence-corrected chi connectivity index (χ2v) is 6.46. The fourth-order valence-electron chi connectivity index (χ4n) is 3.28. The number of nitrogens with zero attached hydrogens (tertiary/aromatic N) is 2. The van der Waals surface area contributed by atoms with Crippen molar-refractivity contribution >= 4 is 17.5 Å². The number of halogens is 1. The molecule has 4 nitrogen and oxygen atoms in total. The van der Waals surface area contributed by atoms with E-state index in [2.05, 4.69) is 0 Å². The van der Waals surface area contributed by atoms with Gasteiger partial charge in [0.25, 0.3) is 5.91 Å². The Balaban J connectivity index is 1.83. The van der Waals surface area contributed by atoms with E-state index in [-0.39, 0.29) is 17.4 Å².